The smallest absolute Gasteiger partial charge is 0.261 e. The van der Waals surface area contributed by atoms with Crippen molar-refractivity contribution in [1.82, 2.24) is 4.98 Å². The number of methoxy groups -OCH3 is 1. The lowest BCUT2D eigenvalue weighted by Crippen LogP contribution is -2.12. The average molecular weight is 358 g/mol. The first kappa shape index (κ1) is 17.0. The molecule has 0 amide bonds. The van der Waals surface area contributed by atoms with Crippen LogP contribution in [0.25, 0.3) is 11.3 Å². The van der Waals surface area contributed by atoms with E-state index in [2.05, 4.69) is 9.71 Å². The van der Waals surface area contributed by atoms with E-state index in [-0.39, 0.29) is 4.90 Å². The minimum Gasteiger partial charge on any atom is -0.497 e. The van der Waals surface area contributed by atoms with Crippen LogP contribution in [-0.4, -0.2) is 20.5 Å². The van der Waals surface area contributed by atoms with E-state index < -0.39 is 10.0 Å². The van der Waals surface area contributed by atoms with Crippen molar-refractivity contribution in [3.05, 3.63) is 60.2 Å². The number of nitrogens with one attached hydrogen (secondary N) is 1. The van der Waals surface area contributed by atoms with Gasteiger partial charge in [0.15, 0.2) is 5.89 Å². The molecule has 6 nitrogen and oxygen atoms in total. The molecule has 0 unspecified atom stereocenters. The van der Waals surface area contributed by atoms with Gasteiger partial charge in [0.05, 0.1) is 17.7 Å². The highest BCUT2D eigenvalue weighted by Crippen LogP contribution is 2.26. The van der Waals surface area contributed by atoms with Crippen molar-refractivity contribution < 1.29 is 17.6 Å². The third-order valence-electron chi connectivity index (χ3n) is 3.66. The van der Waals surface area contributed by atoms with Crippen molar-refractivity contribution in [1.29, 1.82) is 0 Å². The monoisotopic (exact) mass is 358 g/mol. The molecular weight excluding hydrogens is 340 g/mol. The molecule has 0 radical (unpaired) electrons. The molecule has 0 bridgehead atoms. The van der Waals surface area contributed by atoms with Crippen LogP contribution >= 0.6 is 0 Å². The first-order chi connectivity index (χ1) is 11.9. The lowest BCUT2D eigenvalue weighted by Gasteiger charge is -2.09. The van der Waals surface area contributed by atoms with Gasteiger partial charge in [-0.15, -0.1) is 0 Å². The summed E-state index contributed by atoms with van der Waals surface area (Å²) in [7, 11) is -2.16. The van der Waals surface area contributed by atoms with Crippen LogP contribution in [0.3, 0.4) is 0 Å². The normalized spacial score (nSPS) is 11.3. The van der Waals surface area contributed by atoms with Crippen molar-refractivity contribution in [3.63, 3.8) is 0 Å². The molecule has 0 aliphatic heterocycles. The predicted molar refractivity (Wildman–Crippen MR) is 95.2 cm³/mol. The summed E-state index contributed by atoms with van der Waals surface area (Å²) in [6.07, 6.45) is 0. The molecule has 1 aromatic heterocycles. The first-order valence-electron chi connectivity index (χ1n) is 7.60. The van der Waals surface area contributed by atoms with Gasteiger partial charge < -0.3 is 9.15 Å². The van der Waals surface area contributed by atoms with Crippen molar-refractivity contribution in [3.8, 4) is 17.0 Å². The van der Waals surface area contributed by atoms with Gasteiger partial charge in [-0.1, -0.05) is 18.2 Å². The molecule has 0 aliphatic carbocycles. The van der Waals surface area contributed by atoms with Gasteiger partial charge in [0.25, 0.3) is 10.0 Å². The standard InChI is InChI=1S/C18H18N2O4S/c1-12-18(19-13(2)24-12)14-7-9-17(10-8-14)25(21,22)20-15-5-4-6-16(11-15)23-3/h4-11,20H,1-3H3. The highest BCUT2D eigenvalue weighted by atomic mass is 32.2. The van der Waals surface area contributed by atoms with E-state index >= 15 is 0 Å². The average Bonchev–Trinajstić information content (AvgIpc) is 2.93. The van der Waals surface area contributed by atoms with Crippen molar-refractivity contribution in [2.45, 2.75) is 18.7 Å². The first-order valence-corrected chi connectivity index (χ1v) is 9.09. The molecule has 3 aromatic rings. The maximum atomic E-state index is 12.5. The number of hydrogen-bond acceptors (Lipinski definition) is 5. The second-order valence-electron chi connectivity index (χ2n) is 5.50. The Kier molecular flexibility index (Phi) is 4.50. The number of sulfonamides is 1. The van der Waals surface area contributed by atoms with Crippen molar-refractivity contribution in [2.24, 2.45) is 0 Å². The summed E-state index contributed by atoms with van der Waals surface area (Å²) in [4.78, 5) is 4.48. The molecule has 0 spiro atoms. The van der Waals surface area contributed by atoms with E-state index in [1.165, 1.54) is 7.11 Å². The Balaban J connectivity index is 1.86. The van der Waals surface area contributed by atoms with Crippen LogP contribution in [0, 0.1) is 13.8 Å². The van der Waals surface area contributed by atoms with Crippen LogP contribution in [-0.2, 0) is 10.0 Å². The fraction of sp³-hybridized carbons (Fsp3) is 0.167. The minimum atomic E-state index is -3.69. The van der Waals surface area contributed by atoms with E-state index in [9.17, 15) is 8.42 Å². The van der Waals surface area contributed by atoms with Crippen LogP contribution in [0.4, 0.5) is 5.69 Å². The van der Waals surface area contributed by atoms with Gasteiger partial charge in [-0.2, -0.15) is 0 Å². The summed E-state index contributed by atoms with van der Waals surface area (Å²) in [5.41, 5.74) is 1.95. The topological polar surface area (TPSA) is 81.4 Å². The lowest BCUT2D eigenvalue weighted by molar-refractivity contribution is 0.415. The highest BCUT2D eigenvalue weighted by Gasteiger charge is 2.16. The third-order valence-corrected chi connectivity index (χ3v) is 5.06. The molecular formula is C18H18N2O4S. The Labute approximate surface area is 146 Å². The fourth-order valence-electron chi connectivity index (χ4n) is 2.49. The summed E-state index contributed by atoms with van der Waals surface area (Å²) in [6, 6.07) is 13.3. The molecule has 3 rings (SSSR count). The van der Waals surface area contributed by atoms with Gasteiger partial charge in [0.1, 0.15) is 17.2 Å². The Bertz CT molecular complexity index is 992. The van der Waals surface area contributed by atoms with Gasteiger partial charge >= 0.3 is 0 Å². The third kappa shape index (κ3) is 3.66. The Morgan fingerprint density at radius 2 is 1.80 bits per heavy atom. The Morgan fingerprint density at radius 3 is 2.40 bits per heavy atom. The maximum Gasteiger partial charge on any atom is 0.261 e. The van der Waals surface area contributed by atoms with Gasteiger partial charge in [-0.05, 0) is 31.2 Å². The van der Waals surface area contributed by atoms with E-state index in [1.54, 1.807) is 55.5 Å². The summed E-state index contributed by atoms with van der Waals surface area (Å²) >= 11 is 0. The maximum absolute atomic E-state index is 12.5. The summed E-state index contributed by atoms with van der Waals surface area (Å²) in [5.74, 6) is 1.85. The summed E-state index contributed by atoms with van der Waals surface area (Å²) < 4.78 is 38.1. The van der Waals surface area contributed by atoms with Crippen LogP contribution in [0.15, 0.2) is 57.8 Å². The Morgan fingerprint density at radius 1 is 1.08 bits per heavy atom. The number of nitrogens with zero attached hydrogens (tertiary/aromatic N) is 1. The predicted octanol–water partition coefficient (Wildman–Crippen LogP) is 3.77. The number of aromatic nitrogens is 1. The summed E-state index contributed by atoms with van der Waals surface area (Å²) in [5, 5.41) is 0. The molecule has 0 saturated heterocycles. The number of rotatable bonds is 5. The quantitative estimate of drug-likeness (QED) is 0.751. The van der Waals surface area contributed by atoms with E-state index in [4.69, 9.17) is 9.15 Å². The van der Waals surface area contributed by atoms with E-state index in [0.717, 1.165) is 5.56 Å². The fourth-order valence-corrected chi connectivity index (χ4v) is 3.54. The lowest BCUT2D eigenvalue weighted by atomic mass is 10.1. The van der Waals surface area contributed by atoms with Crippen molar-refractivity contribution in [2.75, 3.05) is 11.8 Å². The molecule has 0 atom stereocenters. The highest BCUT2D eigenvalue weighted by molar-refractivity contribution is 7.92. The summed E-state index contributed by atoms with van der Waals surface area (Å²) in [6.45, 7) is 3.59. The number of ether oxygens (including phenoxy) is 1. The van der Waals surface area contributed by atoms with Gasteiger partial charge in [0, 0.05) is 18.6 Å². The molecule has 130 valence electrons. The molecule has 7 heteroatoms. The molecule has 0 aliphatic rings. The molecule has 2 aromatic carbocycles. The molecule has 1 N–H and O–H groups in total. The van der Waals surface area contributed by atoms with Gasteiger partial charge in [-0.25, -0.2) is 13.4 Å². The molecule has 1 heterocycles. The zero-order valence-corrected chi connectivity index (χ0v) is 14.9. The second-order valence-corrected chi connectivity index (χ2v) is 7.18. The SMILES string of the molecule is COc1cccc(NS(=O)(=O)c2ccc(-c3nc(C)oc3C)cc2)c1. The zero-order valence-electron chi connectivity index (χ0n) is 14.1. The number of anilines is 1. The number of oxazole rings is 1. The van der Waals surface area contributed by atoms with Crippen LogP contribution in [0.5, 0.6) is 5.75 Å². The molecule has 0 saturated carbocycles. The van der Waals surface area contributed by atoms with Crippen molar-refractivity contribution >= 4 is 15.7 Å². The molecule has 0 fully saturated rings. The second kappa shape index (κ2) is 6.60. The van der Waals surface area contributed by atoms with E-state index in [1.807, 2.05) is 6.92 Å². The van der Waals surface area contributed by atoms with Crippen LogP contribution in [0.2, 0.25) is 0 Å². The number of benzene rings is 2. The zero-order chi connectivity index (χ0) is 18.0. The van der Waals surface area contributed by atoms with Crippen LogP contribution < -0.4 is 9.46 Å². The van der Waals surface area contributed by atoms with E-state index in [0.29, 0.717) is 28.8 Å². The van der Waals surface area contributed by atoms with Gasteiger partial charge in [0.2, 0.25) is 0 Å². The largest absolute Gasteiger partial charge is 0.497 e. The molecule has 25 heavy (non-hydrogen) atoms. The Hall–Kier alpha value is -2.80. The number of aryl methyl sites for hydroxylation is 2. The van der Waals surface area contributed by atoms with Gasteiger partial charge in [-0.3, -0.25) is 4.72 Å². The van der Waals surface area contributed by atoms with Crippen LogP contribution in [0.1, 0.15) is 11.7 Å². The minimum absolute atomic E-state index is 0.164. The number of hydrogen-bond donors (Lipinski definition) is 1.